The zero-order valence-corrected chi connectivity index (χ0v) is 24.9. The minimum atomic E-state index is -0.00253. The van der Waals surface area contributed by atoms with Crippen LogP contribution in [0.25, 0.3) is 0 Å². The first-order valence-corrected chi connectivity index (χ1v) is 14.9. The summed E-state index contributed by atoms with van der Waals surface area (Å²) >= 11 is 0. The summed E-state index contributed by atoms with van der Waals surface area (Å²) in [6.45, 7) is 13.0. The molecule has 2 aromatic carbocycles. The molecule has 0 atom stereocenters. The van der Waals surface area contributed by atoms with E-state index in [4.69, 9.17) is 0 Å². The zero-order valence-electron chi connectivity index (χ0n) is 24.9. The minimum absolute atomic E-state index is 0.00253. The number of benzene rings is 2. The van der Waals surface area contributed by atoms with Crippen molar-refractivity contribution in [3.63, 3.8) is 0 Å². The molecule has 0 aliphatic rings. The van der Waals surface area contributed by atoms with Gasteiger partial charge in [-0.15, -0.1) is 0 Å². The van der Waals surface area contributed by atoms with Crippen molar-refractivity contribution in [2.24, 2.45) is 9.98 Å². The summed E-state index contributed by atoms with van der Waals surface area (Å²) < 4.78 is 0. The number of hydrogen-bond donors (Lipinski definition) is 0. The number of nitriles is 2. The monoisotopic (exact) mass is 538 g/mol. The molecule has 0 spiro atoms. The molecule has 0 aliphatic heterocycles. The summed E-state index contributed by atoms with van der Waals surface area (Å²) in [4.78, 5) is 13.5. The van der Waals surface area contributed by atoms with Gasteiger partial charge in [0.15, 0.2) is 11.4 Å². The molecule has 40 heavy (non-hydrogen) atoms. The van der Waals surface area contributed by atoms with E-state index in [2.05, 4.69) is 71.7 Å². The SMILES string of the molecule is CCCCN(CCCC)c1ccc(C=N/C(C#N)=C(\C#N)N=Cc2ccc(N(CCCC)CCCC)cc2)cc1. The molecule has 0 bridgehead atoms. The number of anilines is 2. The van der Waals surface area contributed by atoms with E-state index < -0.39 is 0 Å². The van der Waals surface area contributed by atoms with Crippen LogP contribution in [0.4, 0.5) is 11.4 Å². The van der Waals surface area contributed by atoms with Crippen LogP contribution in [-0.4, -0.2) is 38.6 Å². The zero-order chi connectivity index (χ0) is 29.0. The van der Waals surface area contributed by atoms with Gasteiger partial charge < -0.3 is 9.80 Å². The van der Waals surface area contributed by atoms with E-state index >= 15 is 0 Å². The molecule has 0 radical (unpaired) electrons. The van der Waals surface area contributed by atoms with Crippen molar-refractivity contribution in [2.45, 2.75) is 79.1 Å². The Labute approximate surface area is 242 Å². The molecule has 0 saturated carbocycles. The van der Waals surface area contributed by atoms with Gasteiger partial charge in [0, 0.05) is 50.0 Å². The standard InChI is InChI=1S/C34H46N6/c1-5-9-21-39(22-10-6-2)31-17-13-29(14-18-31)27-37-33(25-35)34(26-36)38-28-30-15-19-32(20-16-30)40(23-11-7-3)24-12-8-4/h13-20,27-28H,5-12,21-24H2,1-4H3/b34-33+,37-27?,38-28?. The first-order valence-electron chi connectivity index (χ1n) is 14.9. The van der Waals surface area contributed by atoms with Crippen molar-refractivity contribution < 1.29 is 0 Å². The lowest BCUT2D eigenvalue weighted by Gasteiger charge is -2.24. The fourth-order valence-electron chi connectivity index (χ4n) is 4.24. The highest BCUT2D eigenvalue weighted by Crippen LogP contribution is 2.18. The predicted octanol–water partition coefficient (Wildman–Crippen LogP) is 8.30. The van der Waals surface area contributed by atoms with Crippen molar-refractivity contribution in [1.29, 1.82) is 10.5 Å². The van der Waals surface area contributed by atoms with Crippen molar-refractivity contribution in [1.82, 2.24) is 0 Å². The second-order valence-corrected chi connectivity index (χ2v) is 10.0. The highest BCUT2D eigenvalue weighted by Gasteiger charge is 2.08. The van der Waals surface area contributed by atoms with Gasteiger partial charge in [-0.05, 0) is 61.1 Å². The maximum atomic E-state index is 9.66. The molecule has 0 amide bonds. The first-order chi connectivity index (χ1) is 19.6. The molecular formula is C34H46N6. The van der Waals surface area contributed by atoms with Crippen LogP contribution in [0.5, 0.6) is 0 Å². The lowest BCUT2D eigenvalue weighted by molar-refractivity contribution is 0.678. The lowest BCUT2D eigenvalue weighted by atomic mass is 10.1. The van der Waals surface area contributed by atoms with Gasteiger partial charge in [-0.2, -0.15) is 10.5 Å². The molecule has 0 fully saturated rings. The van der Waals surface area contributed by atoms with Crippen LogP contribution in [-0.2, 0) is 0 Å². The fraction of sp³-hybridized carbons (Fsp3) is 0.471. The van der Waals surface area contributed by atoms with Crippen molar-refractivity contribution in [2.75, 3.05) is 36.0 Å². The van der Waals surface area contributed by atoms with Crippen LogP contribution < -0.4 is 9.80 Å². The number of unbranched alkanes of at least 4 members (excludes halogenated alkanes) is 4. The quantitative estimate of drug-likeness (QED) is 0.141. The van der Waals surface area contributed by atoms with E-state index in [-0.39, 0.29) is 11.4 Å². The van der Waals surface area contributed by atoms with E-state index in [1.807, 2.05) is 36.4 Å². The van der Waals surface area contributed by atoms with Crippen molar-refractivity contribution in [3.8, 4) is 12.1 Å². The Morgan fingerprint density at radius 1 is 0.575 bits per heavy atom. The average molecular weight is 539 g/mol. The Morgan fingerprint density at radius 3 is 1.12 bits per heavy atom. The molecule has 0 aromatic heterocycles. The smallest absolute Gasteiger partial charge is 0.176 e. The Balaban J connectivity index is 2.14. The van der Waals surface area contributed by atoms with E-state index in [9.17, 15) is 10.5 Å². The minimum Gasteiger partial charge on any atom is -0.372 e. The molecular weight excluding hydrogens is 492 g/mol. The van der Waals surface area contributed by atoms with E-state index in [0.717, 1.165) is 37.3 Å². The van der Waals surface area contributed by atoms with Gasteiger partial charge in [0.1, 0.15) is 12.1 Å². The highest BCUT2D eigenvalue weighted by molar-refractivity contribution is 5.83. The number of allylic oxidation sites excluding steroid dienone is 2. The largest absolute Gasteiger partial charge is 0.372 e. The summed E-state index contributed by atoms with van der Waals surface area (Å²) in [7, 11) is 0. The van der Waals surface area contributed by atoms with Crippen LogP contribution in [0, 0.1) is 22.7 Å². The van der Waals surface area contributed by atoms with Gasteiger partial charge >= 0.3 is 0 Å². The number of aliphatic imine (C=N–C) groups is 2. The van der Waals surface area contributed by atoms with Crippen LogP contribution in [0.15, 0.2) is 69.9 Å². The number of hydrogen-bond acceptors (Lipinski definition) is 6. The molecule has 0 aliphatic carbocycles. The Morgan fingerprint density at radius 2 is 0.875 bits per heavy atom. The summed E-state index contributed by atoms with van der Waals surface area (Å²) in [6.07, 6.45) is 12.6. The van der Waals surface area contributed by atoms with Gasteiger partial charge in [0.25, 0.3) is 0 Å². The topological polar surface area (TPSA) is 78.8 Å². The third-order valence-corrected chi connectivity index (χ3v) is 6.76. The molecule has 212 valence electrons. The van der Waals surface area contributed by atoms with E-state index in [1.54, 1.807) is 12.4 Å². The van der Waals surface area contributed by atoms with E-state index in [1.165, 1.54) is 62.7 Å². The Kier molecular flexibility index (Phi) is 15.5. The maximum Gasteiger partial charge on any atom is 0.176 e. The van der Waals surface area contributed by atoms with Gasteiger partial charge in [0.05, 0.1) is 0 Å². The lowest BCUT2D eigenvalue weighted by Crippen LogP contribution is -2.25. The highest BCUT2D eigenvalue weighted by atomic mass is 15.1. The summed E-state index contributed by atoms with van der Waals surface area (Å²) in [5.74, 6) is 0. The molecule has 0 saturated heterocycles. The second kappa shape index (κ2) is 19.2. The second-order valence-electron chi connectivity index (χ2n) is 10.0. The number of rotatable bonds is 18. The molecule has 2 aromatic rings. The van der Waals surface area contributed by atoms with Crippen molar-refractivity contribution >= 4 is 23.8 Å². The molecule has 6 nitrogen and oxygen atoms in total. The van der Waals surface area contributed by atoms with Crippen LogP contribution in [0.2, 0.25) is 0 Å². The fourth-order valence-corrected chi connectivity index (χ4v) is 4.24. The van der Waals surface area contributed by atoms with Gasteiger partial charge in [0.2, 0.25) is 0 Å². The normalized spacial score (nSPS) is 11.8. The third kappa shape index (κ3) is 11.1. The molecule has 0 N–H and O–H groups in total. The summed E-state index contributed by atoms with van der Waals surface area (Å²) in [6, 6.07) is 20.5. The molecule has 0 heterocycles. The van der Waals surface area contributed by atoms with Crippen LogP contribution in [0.3, 0.4) is 0 Å². The number of nitrogens with zero attached hydrogens (tertiary/aromatic N) is 6. The van der Waals surface area contributed by atoms with Gasteiger partial charge in [-0.25, -0.2) is 9.98 Å². The molecule has 6 heteroatoms. The molecule has 2 rings (SSSR count). The molecule has 0 unspecified atom stereocenters. The van der Waals surface area contributed by atoms with Gasteiger partial charge in [-0.3, -0.25) is 0 Å². The first kappa shape index (κ1) is 32.3. The summed E-state index contributed by atoms with van der Waals surface area (Å²) in [5, 5.41) is 19.3. The summed E-state index contributed by atoms with van der Waals surface area (Å²) in [5.41, 5.74) is 4.13. The predicted molar refractivity (Wildman–Crippen MR) is 170 cm³/mol. The van der Waals surface area contributed by atoms with E-state index in [0.29, 0.717) is 0 Å². The Hall–Kier alpha value is -3.90. The maximum absolute atomic E-state index is 9.66. The van der Waals surface area contributed by atoms with Crippen LogP contribution in [0.1, 0.15) is 90.2 Å². The van der Waals surface area contributed by atoms with Crippen molar-refractivity contribution in [3.05, 3.63) is 71.1 Å². The van der Waals surface area contributed by atoms with Crippen LogP contribution >= 0.6 is 0 Å². The third-order valence-electron chi connectivity index (χ3n) is 6.76. The Bertz CT molecular complexity index is 1050. The van der Waals surface area contributed by atoms with Gasteiger partial charge in [-0.1, -0.05) is 77.6 Å². The average Bonchev–Trinajstić information content (AvgIpc) is 2.99.